The topological polar surface area (TPSA) is 103 Å². The highest BCUT2D eigenvalue weighted by Gasteiger charge is 2.17. The molecule has 0 unspecified atom stereocenters. The lowest BCUT2D eigenvalue weighted by atomic mass is 10.1. The second-order valence-corrected chi connectivity index (χ2v) is 8.51. The van der Waals surface area contributed by atoms with E-state index < -0.39 is 10.0 Å². The van der Waals surface area contributed by atoms with E-state index in [2.05, 4.69) is 4.90 Å². The maximum atomic E-state index is 11.5. The molecule has 4 rings (SSSR count). The third-order valence-corrected chi connectivity index (χ3v) is 5.73. The van der Waals surface area contributed by atoms with Crippen molar-refractivity contribution in [2.75, 3.05) is 26.3 Å². The van der Waals surface area contributed by atoms with Gasteiger partial charge in [-0.05, 0) is 29.8 Å². The second-order valence-electron chi connectivity index (χ2n) is 6.95. The molecule has 1 aliphatic rings. The molecule has 1 aromatic heterocycles. The van der Waals surface area contributed by atoms with E-state index in [1.165, 1.54) is 12.1 Å². The fourth-order valence-electron chi connectivity index (χ4n) is 3.29. The Morgan fingerprint density at radius 2 is 1.69 bits per heavy atom. The fraction of sp³-hybridized carbons (Fsp3) is 0.300. The Morgan fingerprint density at radius 3 is 2.34 bits per heavy atom. The Kier molecular flexibility index (Phi) is 5.72. The van der Waals surface area contributed by atoms with Gasteiger partial charge in [0.2, 0.25) is 10.0 Å². The maximum Gasteiger partial charge on any atom is 0.238 e. The number of hydrogen-bond donors (Lipinski definition) is 1. The molecule has 9 heteroatoms. The summed E-state index contributed by atoms with van der Waals surface area (Å²) in [4.78, 5) is 7.11. The van der Waals surface area contributed by atoms with Crippen LogP contribution in [0, 0.1) is 0 Å². The third-order valence-electron chi connectivity index (χ3n) is 4.80. The van der Waals surface area contributed by atoms with Crippen LogP contribution in [0.5, 0.6) is 0 Å². The normalized spacial score (nSPS) is 15.5. The number of benzene rings is 2. The molecule has 0 saturated carbocycles. The second kappa shape index (κ2) is 8.42. The summed E-state index contributed by atoms with van der Waals surface area (Å²) in [5, 5.41) is 9.91. The SMILES string of the molecule is NS(=O)(=O)c1ccc(-n2nc(CN3CCOCC3)nc2Cc2ccccc2)cc1. The first-order valence-electron chi connectivity index (χ1n) is 9.41. The number of ether oxygens (including phenoxy) is 1. The van der Waals surface area contributed by atoms with Crippen LogP contribution in [0.3, 0.4) is 0 Å². The zero-order chi connectivity index (χ0) is 20.3. The van der Waals surface area contributed by atoms with Gasteiger partial charge in [-0.25, -0.2) is 23.2 Å². The van der Waals surface area contributed by atoms with Gasteiger partial charge in [-0.1, -0.05) is 30.3 Å². The molecule has 2 aromatic carbocycles. The van der Waals surface area contributed by atoms with Crippen LogP contribution < -0.4 is 5.14 Å². The first-order valence-corrected chi connectivity index (χ1v) is 11.0. The van der Waals surface area contributed by atoms with E-state index in [0.29, 0.717) is 26.2 Å². The van der Waals surface area contributed by atoms with E-state index in [4.69, 9.17) is 20.0 Å². The maximum absolute atomic E-state index is 11.5. The van der Waals surface area contributed by atoms with Crippen molar-refractivity contribution < 1.29 is 13.2 Å². The van der Waals surface area contributed by atoms with Crippen LogP contribution >= 0.6 is 0 Å². The molecule has 0 amide bonds. The lowest BCUT2D eigenvalue weighted by Crippen LogP contribution is -2.36. The number of aromatic nitrogens is 3. The number of hydrogen-bond acceptors (Lipinski definition) is 6. The summed E-state index contributed by atoms with van der Waals surface area (Å²) in [7, 11) is -3.74. The molecule has 2 N–H and O–H groups in total. The van der Waals surface area contributed by atoms with Gasteiger partial charge >= 0.3 is 0 Å². The van der Waals surface area contributed by atoms with Gasteiger partial charge in [0, 0.05) is 19.5 Å². The first kappa shape index (κ1) is 19.7. The van der Waals surface area contributed by atoms with Crippen LogP contribution in [0.2, 0.25) is 0 Å². The van der Waals surface area contributed by atoms with E-state index >= 15 is 0 Å². The average Bonchev–Trinajstić information content (AvgIpc) is 3.11. The van der Waals surface area contributed by atoms with Gasteiger partial charge in [-0.2, -0.15) is 0 Å². The van der Waals surface area contributed by atoms with Gasteiger partial charge < -0.3 is 4.74 Å². The van der Waals surface area contributed by atoms with Gasteiger partial charge in [0.1, 0.15) is 5.82 Å². The van der Waals surface area contributed by atoms with Crippen molar-refractivity contribution in [2.45, 2.75) is 17.9 Å². The van der Waals surface area contributed by atoms with Crippen molar-refractivity contribution in [2.24, 2.45) is 5.14 Å². The highest BCUT2D eigenvalue weighted by Crippen LogP contribution is 2.17. The first-order chi connectivity index (χ1) is 14.0. The van der Waals surface area contributed by atoms with Crippen LogP contribution in [-0.4, -0.2) is 54.4 Å². The summed E-state index contributed by atoms with van der Waals surface area (Å²) in [5.41, 5.74) is 1.87. The summed E-state index contributed by atoms with van der Waals surface area (Å²) in [6, 6.07) is 16.4. The Bertz CT molecular complexity index is 1060. The zero-order valence-corrected chi connectivity index (χ0v) is 16.8. The number of sulfonamides is 1. The van der Waals surface area contributed by atoms with Crippen molar-refractivity contribution >= 4 is 10.0 Å². The van der Waals surface area contributed by atoms with Gasteiger partial charge in [-0.15, -0.1) is 5.10 Å². The van der Waals surface area contributed by atoms with Crippen LogP contribution in [0.15, 0.2) is 59.5 Å². The Labute approximate surface area is 170 Å². The molecule has 0 aliphatic carbocycles. The van der Waals surface area contributed by atoms with Gasteiger partial charge in [0.15, 0.2) is 5.82 Å². The van der Waals surface area contributed by atoms with Crippen molar-refractivity contribution in [3.63, 3.8) is 0 Å². The van der Waals surface area contributed by atoms with Crippen molar-refractivity contribution in [1.29, 1.82) is 0 Å². The highest BCUT2D eigenvalue weighted by atomic mass is 32.2. The number of rotatable bonds is 6. The van der Waals surface area contributed by atoms with Crippen molar-refractivity contribution in [3.8, 4) is 5.69 Å². The zero-order valence-electron chi connectivity index (χ0n) is 15.9. The third kappa shape index (κ3) is 4.88. The molecular formula is C20H23N5O3S. The number of morpholine rings is 1. The van der Waals surface area contributed by atoms with E-state index in [1.807, 2.05) is 30.3 Å². The molecular weight excluding hydrogens is 390 g/mol. The summed E-state index contributed by atoms with van der Waals surface area (Å²) in [6.45, 7) is 3.78. The molecule has 0 radical (unpaired) electrons. The molecule has 0 atom stereocenters. The molecule has 2 heterocycles. The lowest BCUT2D eigenvalue weighted by molar-refractivity contribution is 0.0330. The van der Waals surface area contributed by atoms with Crippen molar-refractivity contribution in [3.05, 3.63) is 71.8 Å². The minimum atomic E-state index is -3.74. The van der Waals surface area contributed by atoms with Gasteiger partial charge in [-0.3, -0.25) is 4.90 Å². The quantitative estimate of drug-likeness (QED) is 0.654. The molecule has 0 bridgehead atoms. The average molecular weight is 414 g/mol. The predicted octanol–water partition coefficient (Wildman–Crippen LogP) is 1.34. The van der Waals surface area contributed by atoms with E-state index in [0.717, 1.165) is 36.0 Å². The Morgan fingerprint density at radius 1 is 1.00 bits per heavy atom. The minimum Gasteiger partial charge on any atom is -0.379 e. The largest absolute Gasteiger partial charge is 0.379 e. The lowest BCUT2D eigenvalue weighted by Gasteiger charge is -2.25. The van der Waals surface area contributed by atoms with E-state index in [-0.39, 0.29) is 4.90 Å². The molecule has 29 heavy (non-hydrogen) atoms. The molecule has 3 aromatic rings. The Hall–Kier alpha value is -2.59. The van der Waals surface area contributed by atoms with E-state index in [1.54, 1.807) is 16.8 Å². The summed E-state index contributed by atoms with van der Waals surface area (Å²) >= 11 is 0. The van der Waals surface area contributed by atoms with Crippen LogP contribution in [0.4, 0.5) is 0 Å². The number of nitrogens with two attached hydrogens (primary N) is 1. The van der Waals surface area contributed by atoms with Crippen LogP contribution in [0.25, 0.3) is 5.69 Å². The van der Waals surface area contributed by atoms with Crippen molar-refractivity contribution in [1.82, 2.24) is 19.7 Å². The highest BCUT2D eigenvalue weighted by molar-refractivity contribution is 7.89. The fourth-order valence-corrected chi connectivity index (χ4v) is 3.81. The molecule has 8 nitrogen and oxygen atoms in total. The minimum absolute atomic E-state index is 0.0690. The van der Waals surface area contributed by atoms with Crippen LogP contribution in [0.1, 0.15) is 17.2 Å². The smallest absolute Gasteiger partial charge is 0.238 e. The summed E-state index contributed by atoms with van der Waals surface area (Å²) < 4.78 is 30.3. The molecule has 152 valence electrons. The molecule has 1 aliphatic heterocycles. The number of nitrogens with zero attached hydrogens (tertiary/aromatic N) is 4. The van der Waals surface area contributed by atoms with Crippen LogP contribution in [-0.2, 0) is 27.7 Å². The van der Waals surface area contributed by atoms with E-state index in [9.17, 15) is 8.42 Å². The number of primary sulfonamides is 1. The Balaban J connectivity index is 1.66. The molecule has 1 fully saturated rings. The summed E-state index contributed by atoms with van der Waals surface area (Å²) in [6.07, 6.45) is 0.619. The van der Waals surface area contributed by atoms with Gasteiger partial charge in [0.25, 0.3) is 0 Å². The van der Waals surface area contributed by atoms with Gasteiger partial charge in [0.05, 0.1) is 30.3 Å². The standard InChI is InChI=1S/C20H23N5O3S/c21-29(26,27)18-8-6-17(7-9-18)25-20(14-16-4-2-1-3-5-16)22-19(23-25)15-24-10-12-28-13-11-24/h1-9H,10-15H2,(H2,21,26,27). The molecule has 0 spiro atoms. The predicted molar refractivity (Wildman–Crippen MR) is 108 cm³/mol. The molecule has 1 saturated heterocycles. The monoisotopic (exact) mass is 413 g/mol. The summed E-state index contributed by atoms with van der Waals surface area (Å²) in [5.74, 6) is 1.52.